The van der Waals surface area contributed by atoms with Crippen LogP contribution in [-0.2, 0) is 4.79 Å². The van der Waals surface area contributed by atoms with Crippen LogP contribution in [0.15, 0.2) is 24.5 Å². The maximum atomic E-state index is 11.6. The summed E-state index contributed by atoms with van der Waals surface area (Å²) in [4.78, 5) is 11.6. The van der Waals surface area contributed by atoms with E-state index in [0.29, 0.717) is 6.04 Å². The zero-order chi connectivity index (χ0) is 9.26. The molecule has 1 aliphatic carbocycles. The van der Waals surface area contributed by atoms with E-state index in [-0.39, 0.29) is 11.9 Å². The van der Waals surface area contributed by atoms with E-state index in [0.717, 1.165) is 12.8 Å². The fourth-order valence-corrected chi connectivity index (χ4v) is 1.29. The molecule has 0 spiro atoms. The summed E-state index contributed by atoms with van der Waals surface area (Å²) in [5.74, 6) is 0.124. The van der Waals surface area contributed by atoms with Gasteiger partial charge in [-0.05, 0) is 31.9 Å². The summed E-state index contributed by atoms with van der Waals surface area (Å²) in [5, 5.41) is 2.98. The van der Waals surface area contributed by atoms with Crippen molar-refractivity contribution in [2.45, 2.75) is 31.8 Å². The van der Waals surface area contributed by atoms with Crippen LogP contribution in [0.4, 0.5) is 0 Å². The molecule has 3 nitrogen and oxygen atoms in total. The predicted molar refractivity (Wildman–Crippen MR) is 50.3 cm³/mol. The SMILES string of the molecule is C[C@@H](C(=O)NC1CC1)n1cccc1. The Kier molecular flexibility index (Phi) is 2.08. The molecule has 0 bridgehead atoms. The van der Waals surface area contributed by atoms with E-state index < -0.39 is 0 Å². The summed E-state index contributed by atoms with van der Waals surface area (Å²) in [6.45, 7) is 1.91. The van der Waals surface area contributed by atoms with Gasteiger partial charge in [-0.25, -0.2) is 0 Å². The highest BCUT2D eigenvalue weighted by molar-refractivity contribution is 5.80. The highest BCUT2D eigenvalue weighted by atomic mass is 16.2. The fourth-order valence-electron chi connectivity index (χ4n) is 1.29. The van der Waals surface area contributed by atoms with Gasteiger partial charge in [0.05, 0.1) is 0 Å². The number of nitrogens with one attached hydrogen (secondary N) is 1. The van der Waals surface area contributed by atoms with E-state index in [1.807, 2.05) is 36.0 Å². The third-order valence-corrected chi connectivity index (χ3v) is 2.38. The molecule has 1 atom stereocenters. The molecule has 1 aromatic rings. The minimum atomic E-state index is -0.0874. The average Bonchev–Trinajstić information content (AvgIpc) is 2.78. The van der Waals surface area contributed by atoms with E-state index in [9.17, 15) is 4.79 Å². The first kappa shape index (κ1) is 8.35. The molecule has 1 N–H and O–H groups in total. The largest absolute Gasteiger partial charge is 0.352 e. The first-order chi connectivity index (χ1) is 6.27. The molecule has 1 saturated carbocycles. The van der Waals surface area contributed by atoms with Crippen LogP contribution in [0.2, 0.25) is 0 Å². The second-order valence-corrected chi connectivity index (χ2v) is 3.59. The fraction of sp³-hybridized carbons (Fsp3) is 0.500. The minimum absolute atomic E-state index is 0.0874. The maximum Gasteiger partial charge on any atom is 0.242 e. The number of hydrogen-bond acceptors (Lipinski definition) is 1. The van der Waals surface area contributed by atoms with E-state index in [2.05, 4.69) is 5.32 Å². The van der Waals surface area contributed by atoms with Crippen molar-refractivity contribution >= 4 is 5.91 Å². The standard InChI is InChI=1S/C10H14N2O/c1-8(12-6-2-3-7-12)10(13)11-9-4-5-9/h2-3,6-9H,4-5H2,1H3,(H,11,13)/t8-/m0/s1. The Morgan fingerprint density at radius 3 is 2.62 bits per heavy atom. The lowest BCUT2D eigenvalue weighted by Gasteiger charge is -2.13. The molecule has 13 heavy (non-hydrogen) atoms. The van der Waals surface area contributed by atoms with Gasteiger partial charge in [0.2, 0.25) is 5.91 Å². The summed E-state index contributed by atoms with van der Waals surface area (Å²) in [6, 6.07) is 4.23. The summed E-state index contributed by atoms with van der Waals surface area (Å²) in [6.07, 6.45) is 6.11. The quantitative estimate of drug-likeness (QED) is 0.744. The van der Waals surface area contributed by atoms with Crippen molar-refractivity contribution in [3.8, 4) is 0 Å². The van der Waals surface area contributed by atoms with Crippen molar-refractivity contribution in [2.75, 3.05) is 0 Å². The molecule has 1 aliphatic rings. The van der Waals surface area contributed by atoms with Gasteiger partial charge in [0.15, 0.2) is 0 Å². The number of carbonyl (C=O) groups is 1. The lowest BCUT2D eigenvalue weighted by atomic mass is 10.3. The van der Waals surface area contributed by atoms with Crippen LogP contribution < -0.4 is 5.32 Å². The van der Waals surface area contributed by atoms with Crippen molar-refractivity contribution in [3.05, 3.63) is 24.5 Å². The van der Waals surface area contributed by atoms with Crippen molar-refractivity contribution in [3.63, 3.8) is 0 Å². The maximum absolute atomic E-state index is 11.6. The Bertz CT molecular complexity index is 288. The first-order valence-corrected chi connectivity index (χ1v) is 4.70. The van der Waals surface area contributed by atoms with Gasteiger partial charge < -0.3 is 9.88 Å². The predicted octanol–water partition coefficient (Wildman–Crippen LogP) is 1.33. The Morgan fingerprint density at radius 1 is 1.46 bits per heavy atom. The highest BCUT2D eigenvalue weighted by Gasteiger charge is 2.25. The summed E-state index contributed by atoms with van der Waals surface area (Å²) in [7, 11) is 0. The number of hydrogen-bond donors (Lipinski definition) is 1. The van der Waals surface area contributed by atoms with Gasteiger partial charge in [0.25, 0.3) is 0 Å². The summed E-state index contributed by atoms with van der Waals surface area (Å²) < 4.78 is 1.91. The third-order valence-electron chi connectivity index (χ3n) is 2.38. The molecule has 3 heteroatoms. The van der Waals surface area contributed by atoms with E-state index in [1.165, 1.54) is 0 Å². The topological polar surface area (TPSA) is 34.0 Å². The second-order valence-electron chi connectivity index (χ2n) is 3.59. The van der Waals surface area contributed by atoms with Crippen LogP contribution in [0.5, 0.6) is 0 Å². The highest BCUT2D eigenvalue weighted by Crippen LogP contribution is 2.19. The van der Waals surface area contributed by atoms with E-state index >= 15 is 0 Å². The number of amides is 1. The molecule has 1 aromatic heterocycles. The van der Waals surface area contributed by atoms with Crippen LogP contribution in [-0.4, -0.2) is 16.5 Å². The molecule has 1 amide bonds. The second kappa shape index (κ2) is 3.24. The third kappa shape index (κ3) is 1.91. The van der Waals surface area contributed by atoms with Crippen LogP contribution in [0.3, 0.4) is 0 Å². The molecule has 0 radical (unpaired) electrons. The van der Waals surface area contributed by atoms with Gasteiger partial charge in [0.1, 0.15) is 6.04 Å². The van der Waals surface area contributed by atoms with Crippen LogP contribution in [0.25, 0.3) is 0 Å². The molecule has 0 aliphatic heterocycles. The van der Waals surface area contributed by atoms with Gasteiger partial charge in [-0.2, -0.15) is 0 Å². The Morgan fingerprint density at radius 2 is 2.08 bits per heavy atom. The molecular weight excluding hydrogens is 164 g/mol. The summed E-state index contributed by atoms with van der Waals surface area (Å²) in [5.41, 5.74) is 0. The zero-order valence-electron chi connectivity index (χ0n) is 7.73. The number of carbonyl (C=O) groups excluding carboxylic acids is 1. The molecule has 0 unspecified atom stereocenters. The van der Waals surface area contributed by atoms with Gasteiger partial charge in [-0.3, -0.25) is 4.79 Å². The van der Waals surface area contributed by atoms with Crippen molar-refractivity contribution in [2.24, 2.45) is 0 Å². The van der Waals surface area contributed by atoms with Gasteiger partial charge >= 0.3 is 0 Å². The van der Waals surface area contributed by atoms with E-state index in [4.69, 9.17) is 0 Å². The van der Waals surface area contributed by atoms with Crippen LogP contribution in [0.1, 0.15) is 25.8 Å². The normalized spacial score (nSPS) is 18.2. The minimum Gasteiger partial charge on any atom is -0.352 e. The Hall–Kier alpha value is -1.25. The van der Waals surface area contributed by atoms with Crippen LogP contribution >= 0.6 is 0 Å². The van der Waals surface area contributed by atoms with Gasteiger partial charge in [-0.1, -0.05) is 0 Å². The number of rotatable bonds is 3. The lowest BCUT2D eigenvalue weighted by Crippen LogP contribution is -2.32. The smallest absolute Gasteiger partial charge is 0.242 e. The Labute approximate surface area is 77.7 Å². The molecule has 0 saturated heterocycles. The molecule has 1 fully saturated rings. The van der Waals surface area contributed by atoms with Crippen molar-refractivity contribution in [1.82, 2.24) is 9.88 Å². The molecule has 0 aromatic carbocycles. The lowest BCUT2D eigenvalue weighted by molar-refractivity contribution is -0.124. The first-order valence-electron chi connectivity index (χ1n) is 4.70. The molecule has 2 rings (SSSR count). The Balaban J connectivity index is 1.95. The average molecular weight is 178 g/mol. The number of aromatic nitrogens is 1. The zero-order valence-corrected chi connectivity index (χ0v) is 7.73. The van der Waals surface area contributed by atoms with Gasteiger partial charge in [-0.15, -0.1) is 0 Å². The van der Waals surface area contributed by atoms with Crippen molar-refractivity contribution < 1.29 is 4.79 Å². The molecule has 70 valence electrons. The van der Waals surface area contributed by atoms with Crippen LogP contribution in [0, 0.1) is 0 Å². The molecular formula is C10H14N2O. The van der Waals surface area contributed by atoms with Gasteiger partial charge in [0, 0.05) is 18.4 Å². The van der Waals surface area contributed by atoms with E-state index in [1.54, 1.807) is 0 Å². The van der Waals surface area contributed by atoms with Crippen molar-refractivity contribution in [1.29, 1.82) is 0 Å². The summed E-state index contributed by atoms with van der Waals surface area (Å²) >= 11 is 0. The number of nitrogens with zero attached hydrogens (tertiary/aromatic N) is 1. The molecule has 1 heterocycles. The monoisotopic (exact) mass is 178 g/mol.